The average molecular weight is 231 g/mol. The summed E-state index contributed by atoms with van der Waals surface area (Å²) in [6.07, 6.45) is 1.34. The van der Waals surface area contributed by atoms with E-state index >= 15 is 0 Å². The van der Waals surface area contributed by atoms with Crippen molar-refractivity contribution in [3.63, 3.8) is 0 Å². The van der Waals surface area contributed by atoms with E-state index in [1.54, 1.807) is 0 Å². The van der Waals surface area contributed by atoms with E-state index in [0.29, 0.717) is 4.47 Å². The van der Waals surface area contributed by atoms with E-state index in [-0.39, 0.29) is 12.1 Å². The third-order valence-corrected chi connectivity index (χ3v) is 1.62. The highest BCUT2D eigenvalue weighted by Crippen LogP contribution is 2.13. The van der Waals surface area contributed by atoms with Crippen molar-refractivity contribution in [1.82, 2.24) is 4.98 Å². The zero-order chi connectivity index (χ0) is 8.97. The Morgan fingerprint density at radius 3 is 3.17 bits per heavy atom. The molecule has 0 unspecified atom stereocenters. The van der Waals surface area contributed by atoms with Crippen LogP contribution in [0.1, 0.15) is 5.56 Å². The molecule has 4 nitrogen and oxygen atoms in total. The summed E-state index contributed by atoms with van der Waals surface area (Å²) in [6.45, 7) is -0.0191. The quantitative estimate of drug-likeness (QED) is 0.334. The Kier molecular flexibility index (Phi) is 3.01. The predicted molar refractivity (Wildman–Crippen MR) is 44.7 cm³/mol. The normalized spacial score (nSPS) is 9.17. The summed E-state index contributed by atoms with van der Waals surface area (Å²) in [5.41, 5.74) is 8.27. The van der Waals surface area contributed by atoms with Gasteiger partial charge in [0.2, 0.25) is 5.95 Å². The molecular formula is C6H4BrFN4. The van der Waals surface area contributed by atoms with Crippen molar-refractivity contribution >= 4 is 15.9 Å². The second kappa shape index (κ2) is 4.04. The number of pyridine rings is 1. The van der Waals surface area contributed by atoms with E-state index < -0.39 is 5.95 Å². The highest BCUT2D eigenvalue weighted by Gasteiger charge is 2.01. The van der Waals surface area contributed by atoms with Gasteiger partial charge in [-0.3, -0.25) is 0 Å². The molecule has 62 valence electrons. The first-order valence-electron chi connectivity index (χ1n) is 3.05. The molecule has 0 aliphatic carbocycles. The van der Waals surface area contributed by atoms with Gasteiger partial charge < -0.3 is 0 Å². The summed E-state index contributed by atoms with van der Waals surface area (Å²) in [4.78, 5) is 5.95. The van der Waals surface area contributed by atoms with Crippen molar-refractivity contribution in [2.24, 2.45) is 5.11 Å². The van der Waals surface area contributed by atoms with Crippen LogP contribution in [0.25, 0.3) is 10.4 Å². The van der Waals surface area contributed by atoms with Crippen molar-refractivity contribution < 1.29 is 4.39 Å². The van der Waals surface area contributed by atoms with Crippen LogP contribution in [0.3, 0.4) is 0 Å². The monoisotopic (exact) mass is 230 g/mol. The van der Waals surface area contributed by atoms with Gasteiger partial charge in [-0.25, -0.2) is 4.98 Å². The summed E-state index contributed by atoms with van der Waals surface area (Å²) in [7, 11) is 0. The average Bonchev–Trinajstić information content (AvgIpc) is 2.07. The SMILES string of the molecule is [N-]=[N+]=NCc1cc(Br)cnc1F. The molecule has 0 saturated heterocycles. The summed E-state index contributed by atoms with van der Waals surface area (Å²) in [5.74, 6) is -0.606. The van der Waals surface area contributed by atoms with Crippen LogP contribution in [0.4, 0.5) is 4.39 Å². The number of azide groups is 1. The molecule has 0 aliphatic heterocycles. The lowest BCUT2D eigenvalue weighted by Crippen LogP contribution is -1.91. The fraction of sp³-hybridized carbons (Fsp3) is 0.167. The van der Waals surface area contributed by atoms with E-state index in [1.807, 2.05) is 0 Å². The van der Waals surface area contributed by atoms with Crippen LogP contribution in [0.15, 0.2) is 21.9 Å². The lowest BCUT2D eigenvalue weighted by Gasteiger charge is -1.97. The van der Waals surface area contributed by atoms with Crippen molar-refractivity contribution in [2.75, 3.05) is 0 Å². The van der Waals surface area contributed by atoms with Crippen LogP contribution >= 0.6 is 15.9 Å². The third kappa shape index (κ3) is 2.18. The molecule has 0 bridgehead atoms. The van der Waals surface area contributed by atoms with Gasteiger partial charge in [-0.2, -0.15) is 4.39 Å². The molecule has 1 aromatic rings. The van der Waals surface area contributed by atoms with Gasteiger partial charge in [0.05, 0.1) is 6.54 Å². The maximum absolute atomic E-state index is 12.8. The molecule has 0 saturated carbocycles. The predicted octanol–water partition coefficient (Wildman–Crippen LogP) is 2.79. The van der Waals surface area contributed by atoms with Crippen molar-refractivity contribution in [1.29, 1.82) is 0 Å². The first-order valence-corrected chi connectivity index (χ1v) is 3.84. The van der Waals surface area contributed by atoms with E-state index in [1.165, 1.54) is 12.3 Å². The molecule has 0 spiro atoms. The molecular weight excluding hydrogens is 227 g/mol. The van der Waals surface area contributed by atoms with Gasteiger partial charge in [-0.15, -0.1) is 0 Å². The smallest absolute Gasteiger partial charge is 0.216 e. The molecule has 1 aromatic heterocycles. The van der Waals surface area contributed by atoms with Crippen LogP contribution in [0.2, 0.25) is 0 Å². The standard InChI is InChI=1S/C6H4BrFN4/c7-5-1-4(2-11-12-9)6(8)10-3-5/h1,3H,2H2. The fourth-order valence-corrected chi connectivity index (χ4v) is 1.06. The minimum Gasteiger partial charge on any atom is -0.227 e. The summed E-state index contributed by atoms with van der Waals surface area (Å²) in [6, 6.07) is 1.52. The Bertz CT molecular complexity index is 334. The zero-order valence-corrected chi connectivity index (χ0v) is 7.49. The molecule has 0 atom stereocenters. The van der Waals surface area contributed by atoms with E-state index in [0.717, 1.165) is 0 Å². The van der Waals surface area contributed by atoms with Crippen molar-refractivity contribution in [3.8, 4) is 0 Å². The van der Waals surface area contributed by atoms with Gasteiger partial charge in [-0.05, 0) is 27.5 Å². The number of hydrogen-bond donors (Lipinski definition) is 0. The van der Waals surface area contributed by atoms with Crippen LogP contribution < -0.4 is 0 Å². The Hall–Kier alpha value is -1.13. The maximum atomic E-state index is 12.8. The Labute approximate surface area is 76.2 Å². The number of rotatable bonds is 2. The third-order valence-electron chi connectivity index (χ3n) is 1.18. The number of nitrogens with zero attached hydrogens (tertiary/aromatic N) is 4. The second-order valence-electron chi connectivity index (χ2n) is 1.99. The molecule has 0 aliphatic rings. The molecule has 1 rings (SSSR count). The molecule has 0 aromatic carbocycles. The van der Waals surface area contributed by atoms with Gasteiger partial charge in [0.25, 0.3) is 0 Å². The molecule has 0 amide bonds. The Morgan fingerprint density at radius 1 is 1.75 bits per heavy atom. The van der Waals surface area contributed by atoms with Gasteiger partial charge in [0, 0.05) is 21.1 Å². The lowest BCUT2D eigenvalue weighted by molar-refractivity contribution is 0.566. The molecule has 0 N–H and O–H groups in total. The van der Waals surface area contributed by atoms with E-state index in [4.69, 9.17) is 5.53 Å². The minimum atomic E-state index is -0.606. The summed E-state index contributed by atoms with van der Waals surface area (Å²) in [5, 5.41) is 3.22. The maximum Gasteiger partial charge on any atom is 0.216 e. The second-order valence-corrected chi connectivity index (χ2v) is 2.91. The fourth-order valence-electron chi connectivity index (χ4n) is 0.683. The topological polar surface area (TPSA) is 61.7 Å². The van der Waals surface area contributed by atoms with Gasteiger partial charge in [0.1, 0.15) is 0 Å². The van der Waals surface area contributed by atoms with Gasteiger partial charge >= 0.3 is 0 Å². The van der Waals surface area contributed by atoms with Crippen LogP contribution in [-0.4, -0.2) is 4.98 Å². The number of hydrogen-bond acceptors (Lipinski definition) is 2. The van der Waals surface area contributed by atoms with E-state index in [2.05, 4.69) is 30.9 Å². The summed E-state index contributed by atoms with van der Waals surface area (Å²) >= 11 is 3.12. The lowest BCUT2D eigenvalue weighted by atomic mass is 10.3. The molecule has 12 heavy (non-hydrogen) atoms. The van der Waals surface area contributed by atoms with Crippen LogP contribution in [0.5, 0.6) is 0 Å². The molecule has 0 radical (unpaired) electrons. The van der Waals surface area contributed by atoms with Crippen LogP contribution in [0, 0.1) is 5.95 Å². The highest BCUT2D eigenvalue weighted by molar-refractivity contribution is 9.10. The molecule has 1 heterocycles. The van der Waals surface area contributed by atoms with Crippen LogP contribution in [-0.2, 0) is 6.54 Å². The Balaban J connectivity index is 2.96. The minimum absolute atomic E-state index is 0.0191. The highest BCUT2D eigenvalue weighted by atomic mass is 79.9. The first kappa shape index (κ1) is 8.96. The number of halogens is 2. The molecule has 0 fully saturated rings. The first-order chi connectivity index (χ1) is 5.74. The largest absolute Gasteiger partial charge is 0.227 e. The molecule has 6 heteroatoms. The summed E-state index contributed by atoms with van der Waals surface area (Å²) < 4.78 is 13.4. The zero-order valence-electron chi connectivity index (χ0n) is 5.91. The van der Waals surface area contributed by atoms with Gasteiger partial charge in [0.15, 0.2) is 0 Å². The number of aromatic nitrogens is 1. The van der Waals surface area contributed by atoms with Crippen molar-refractivity contribution in [2.45, 2.75) is 6.54 Å². The Morgan fingerprint density at radius 2 is 2.50 bits per heavy atom. The van der Waals surface area contributed by atoms with E-state index in [9.17, 15) is 4.39 Å². The van der Waals surface area contributed by atoms with Gasteiger partial charge in [-0.1, -0.05) is 5.11 Å². The van der Waals surface area contributed by atoms with Crippen molar-refractivity contribution in [3.05, 3.63) is 38.7 Å².